The third-order valence-corrected chi connectivity index (χ3v) is 11.3. The van der Waals surface area contributed by atoms with E-state index in [0.717, 1.165) is 63.3 Å². The highest BCUT2D eigenvalue weighted by atomic mass is 16.6. The SMILES string of the molecule is CC(=O)CN1CC[C@]23c4c5ccc(OC(C)=O)c4O[C@H]2[C@@H](N(CC(C)C)C(=O)CCCCC2CCCCC2)CC[C@H]3[C@H]1C5. The third kappa shape index (κ3) is 5.76. The zero-order valence-corrected chi connectivity index (χ0v) is 26.9. The van der Waals surface area contributed by atoms with Crippen molar-refractivity contribution in [1.29, 1.82) is 0 Å². The van der Waals surface area contributed by atoms with E-state index in [1.54, 1.807) is 6.92 Å². The fourth-order valence-electron chi connectivity index (χ4n) is 9.77. The Kier molecular flexibility index (Phi) is 8.92. The van der Waals surface area contributed by atoms with Crippen molar-refractivity contribution in [1.82, 2.24) is 9.80 Å². The molecule has 7 heteroatoms. The van der Waals surface area contributed by atoms with E-state index in [1.165, 1.54) is 56.6 Å². The summed E-state index contributed by atoms with van der Waals surface area (Å²) in [6.45, 7) is 9.57. The Morgan fingerprint density at radius 1 is 1.07 bits per heavy atom. The van der Waals surface area contributed by atoms with E-state index in [9.17, 15) is 14.4 Å². The highest BCUT2D eigenvalue weighted by Gasteiger charge is 2.66. The van der Waals surface area contributed by atoms with Crippen LogP contribution >= 0.6 is 0 Å². The topological polar surface area (TPSA) is 76.2 Å². The molecular weight excluding hydrogens is 540 g/mol. The molecule has 43 heavy (non-hydrogen) atoms. The Hall–Kier alpha value is -2.41. The number of Topliss-reactive ketones (excluding diaryl/α,β-unsaturated/α-hetero) is 1. The molecule has 2 saturated carbocycles. The summed E-state index contributed by atoms with van der Waals surface area (Å²) in [4.78, 5) is 43.0. The van der Waals surface area contributed by atoms with Gasteiger partial charge in [-0.1, -0.05) is 64.9 Å². The highest BCUT2D eigenvalue weighted by Crippen LogP contribution is 2.64. The standard InChI is InChI=1S/C36H52N2O5/c1-23(2)21-38(32(41)13-9-8-12-26-10-6-5-7-11-26)29-16-15-28-30-20-27-14-17-31(42-25(4)40)34-33(27)36(28,35(29)43-34)18-19-37(30)22-24(3)39/h14,17,23,26,28-30,35H,5-13,15-16,18-22H2,1-4H3/t28-,29-,30+,35-,36-/m0/s1. The van der Waals surface area contributed by atoms with Crippen LogP contribution in [0.15, 0.2) is 12.1 Å². The summed E-state index contributed by atoms with van der Waals surface area (Å²) in [7, 11) is 0. The van der Waals surface area contributed by atoms with E-state index >= 15 is 0 Å². The first-order valence-electron chi connectivity index (χ1n) is 17.2. The van der Waals surface area contributed by atoms with Gasteiger partial charge in [0.2, 0.25) is 5.91 Å². The Morgan fingerprint density at radius 2 is 1.86 bits per heavy atom. The van der Waals surface area contributed by atoms with E-state index in [2.05, 4.69) is 29.7 Å². The molecule has 2 heterocycles. The van der Waals surface area contributed by atoms with Gasteiger partial charge in [0.25, 0.3) is 0 Å². The predicted octanol–water partition coefficient (Wildman–Crippen LogP) is 6.23. The number of amides is 1. The smallest absolute Gasteiger partial charge is 0.308 e. The molecule has 1 saturated heterocycles. The quantitative estimate of drug-likeness (QED) is 0.172. The number of piperidine rings is 1. The molecule has 1 aromatic rings. The maximum atomic E-state index is 14.1. The lowest BCUT2D eigenvalue weighted by Gasteiger charge is -2.60. The minimum Gasteiger partial charge on any atom is -0.483 e. The van der Waals surface area contributed by atoms with Crippen LogP contribution in [0.4, 0.5) is 0 Å². The Morgan fingerprint density at radius 3 is 2.58 bits per heavy atom. The van der Waals surface area contributed by atoms with Crippen LogP contribution in [-0.2, 0) is 26.2 Å². The number of nitrogens with zero attached hydrogens (tertiary/aromatic N) is 2. The lowest BCUT2D eigenvalue weighted by atomic mass is 9.51. The number of ketones is 1. The molecule has 0 unspecified atom stereocenters. The number of unbranched alkanes of at least 4 members (excludes halogenated alkanes) is 1. The number of likely N-dealkylation sites (tertiary alicyclic amines) is 1. The van der Waals surface area contributed by atoms with Crippen LogP contribution in [0.5, 0.6) is 11.5 Å². The molecule has 236 valence electrons. The first-order chi connectivity index (χ1) is 20.7. The normalized spacial score (nSPS) is 29.6. The first kappa shape index (κ1) is 30.6. The van der Waals surface area contributed by atoms with Crippen LogP contribution in [0.2, 0.25) is 0 Å². The second-order valence-electron chi connectivity index (χ2n) is 14.7. The Labute approximate surface area is 258 Å². The van der Waals surface area contributed by atoms with Gasteiger partial charge in [-0.15, -0.1) is 0 Å². The molecular formula is C36H52N2O5. The van der Waals surface area contributed by atoms with Gasteiger partial charge in [0.1, 0.15) is 11.9 Å². The summed E-state index contributed by atoms with van der Waals surface area (Å²) in [5.74, 6) is 2.89. The molecule has 2 aliphatic heterocycles. The monoisotopic (exact) mass is 592 g/mol. The van der Waals surface area contributed by atoms with Crippen molar-refractivity contribution in [3.63, 3.8) is 0 Å². The van der Waals surface area contributed by atoms with Gasteiger partial charge < -0.3 is 14.4 Å². The van der Waals surface area contributed by atoms with Gasteiger partial charge in [-0.25, -0.2) is 0 Å². The summed E-state index contributed by atoms with van der Waals surface area (Å²) >= 11 is 0. The van der Waals surface area contributed by atoms with Crippen LogP contribution in [-0.4, -0.2) is 65.3 Å². The van der Waals surface area contributed by atoms with Gasteiger partial charge in [-0.05, 0) is 75.0 Å². The largest absolute Gasteiger partial charge is 0.483 e. The molecule has 2 bridgehead atoms. The van der Waals surface area contributed by atoms with Crippen molar-refractivity contribution in [3.05, 3.63) is 23.3 Å². The molecule has 1 spiro atoms. The van der Waals surface area contributed by atoms with Gasteiger partial charge in [-0.3, -0.25) is 19.3 Å². The fourth-order valence-corrected chi connectivity index (χ4v) is 9.77. The minimum atomic E-state index is -0.352. The molecule has 6 rings (SSSR count). The van der Waals surface area contributed by atoms with Crippen molar-refractivity contribution in [3.8, 4) is 11.5 Å². The van der Waals surface area contributed by atoms with Crippen LogP contribution < -0.4 is 9.47 Å². The van der Waals surface area contributed by atoms with Crippen molar-refractivity contribution < 1.29 is 23.9 Å². The number of rotatable bonds is 11. The van der Waals surface area contributed by atoms with Gasteiger partial charge in [-0.2, -0.15) is 0 Å². The minimum absolute atomic E-state index is 0.0203. The number of esters is 1. The lowest BCUT2D eigenvalue weighted by Crippen LogP contribution is -2.69. The van der Waals surface area contributed by atoms with Crippen molar-refractivity contribution >= 4 is 17.7 Å². The summed E-state index contributed by atoms with van der Waals surface area (Å²) in [6, 6.07) is 4.25. The zero-order valence-electron chi connectivity index (χ0n) is 26.9. The predicted molar refractivity (Wildman–Crippen MR) is 166 cm³/mol. The molecule has 3 aliphatic carbocycles. The number of carbonyl (C=O) groups excluding carboxylic acids is 3. The van der Waals surface area contributed by atoms with Gasteiger partial charge in [0.15, 0.2) is 11.5 Å². The molecule has 5 atom stereocenters. The molecule has 3 fully saturated rings. The van der Waals surface area contributed by atoms with Gasteiger partial charge >= 0.3 is 5.97 Å². The maximum Gasteiger partial charge on any atom is 0.308 e. The number of hydrogen-bond acceptors (Lipinski definition) is 6. The summed E-state index contributed by atoms with van der Waals surface area (Å²) in [5.41, 5.74) is 2.22. The van der Waals surface area contributed by atoms with E-state index in [-0.39, 0.29) is 41.3 Å². The average Bonchev–Trinajstić information content (AvgIpc) is 3.32. The first-order valence-corrected chi connectivity index (χ1v) is 17.2. The van der Waals surface area contributed by atoms with Crippen LogP contribution in [0.3, 0.4) is 0 Å². The summed E-state index contributed by atoms with van der Waals surface area (Å²) in [6.07, 6.45) is 14.3. The molecule has 1 amide bonds. The number of hydrogen-bond donors (Lipinski definition) is 0. The summed E-state index contributed by atoms with van der Waals surface area (Å²) < 4.78 is 12.7. The number of carbonyl (C=O) groups is 3. The molecule has 5 aliphatic rings. The third-order valence-electron chi connectivity index (χ3n) is 11.3. The molecule has 7 nitrogen and oxygen atoms in total. The van der Waals surface area contributed by atoms with E-state index < -0.39 is 0 Å². The van der Waals surface area contributed by atoms with E-state index in [1.807, 2.05) is 6.07 Å². The van der Waals surface area contributed by atoms with Crippen LogP contribution in [0.25, 0.3) is 0 Å². The maximum absolute atomic E-state index is 14.1. The second kappa shape index (κ2) is 12.5. The molecule has 0 radical (unpaired) electrons. The zero-order chi connectivity index (χ0) is 30.3. The molecule has 0 aromatic heterocycles. The Balaban J connectivity index is 1.29. The fraction of sp³-hybridized carbons (Fsp3) is 0.750. The Bertz CT molecular complexity index is 1220. The summed E-state index contributed by atoms with van der Waals surface area (Å²) in [5, 5.41) is 0. The van der Waals surface area contributed by atoms with E-state index in [4.69, 9.17) is 9.47 Å². The van der Waals surface area contributed by atoms with Crippen molar-refractivity contribution in [2.45, 2.75) is 135 Å². The van der Waals surface area contributed by atoms with Crippen molar-refractivity contribution in [2.24, 2.45) is 17.8 Å². The van der Waals surface area contributed by atoms with Gasteiger partial charge in [0.05, 0.1) is 12.6 Å². The van der Waals surface area contributed by atoms with Gasteiger partial charge in [0, 0.05) is 36.9 Å². The highest BCUT2D eigenvalue weighted by molar-refractivity contribution is 5.78. The van der Waals surface area contributed by atoms with Crippen molar-refractivity contribution in [2.75, 3.05) is 19.6 Å². The molecule has 1 aromatic carbocycles. The van der Waals surface area contributed by atoms with E-state index in [0.29, 0.717) is 30.6 Å². The van der Waals surface area contributed by atoms with Crippen LogP contribution in [0, 0.1) is 17.8 Å². The number of ether oxygens (including phenoxy) is 2. The average molecular weight is 593 g/mol. The van der Waals surface area contributed by atoms with Crippen LogP contribution in [0.1, 0.15) is 116 Å². The second-order valence-corrected chi connectivity index (χ2v) is 14.7. The number of benzene rings is 1. The lowest BCUT2D eigenvalue weighted by molar-refractivity contribution is -0.144. The molecule has 0 N–H and O–H groups in total.